The van der Waals surface area contributed by atoms with Crippen molar-refractivity contribution in [2.24, 2.45) is 0 Å². The number of halogens is 1. The molecule has 1 aliphatic heterocycles. The van der Waals surface area contributed by atoms with Crippen molar-refractivity contribution in [3.8, 4) is 0 Å². The van der Waals surface area contributed by atoms with Gasteiger partial charge in [0.05, 0.1) is 0 Å². The fraction of sp³-hybridized carbons (Fsp3) is 0.556. The lowest BCUT2D eigenvalue weighted by Gasteiger charge is -2.22. The van der Waals surface area contributed by atoms with Gasteiger partial charge in [-0.3, -0.25) is 0 Å². The molecule has 3 heteroatoms. The molecule has 0 unspecified atom stereocenters. The van der Waals surface area contributed by atoms with Crippen molar-refractivity contribution in [1.29, 1.82) is 0 Å². The highest BCUT2D eigenvalue weighted by Gasteiger charge is 2.15. The maximum atomic E-state index is 12.7. The Morgan fingerprint density at radius 3 is 3.00 bits per heavy atom. The van der Waals surface area contributed by atoms with E-state index in [2.05, 4.69) is 5.32 Å². The summed E-state index contributed by atoms with van der Waals surface area (Å²) >= 11 is 1.19. The van der Waals surface area contributed by atoms with Crippen LogP contribution in [0.5, 0.6) is 0 Å². The fourth-order valence-corrected chi connectivity index (χ4v) is 2.33. The molecule has 12 heavy (non-hydrogen) atoms. The van der Waals surface area contributed by atoms with Crippen LogP contribution < -0.4 is 5.32 Å². The monoisotopic (exact) mass is 185 g/mol. The molecule has 0 spiro atoms. The molecule has 1 N–H and O–H groups in total. The molecule has 0 amide bonds. The summed E-state index contributed by atoms with van der Waals surface area (Å²) in [5.74, 6) is 0. The van der Waals surface area contributed by atoms with E-state index in [-0.39, 0.29) is 5.13 Å². The maximum absolute atomic E-state index is 12.7. The predicted octanol–water partition coefficient (Wildman–Crippen LogP) is 2.70. The molecule has 66 valence electrons. The van der Waals surface area contributed by atoms with Crippen LogP contribution in [0.4, 0.5) is 4.39 Å². The van der Waals surface area contributed by atoms with E-state index >= 15 is 0 Å². The zero-order valence-electron chi connectivity index (χ0n) is 6.85. The molecule has 1 saturated heterocycles. The molecule has 2 rings (SSSR count). The third-order valence-electron chi connectivity index (χ3n) is 2.30. The first-order valence-corrected chi connectivity index (χ1v) is 5.21. The van der Waals surface area contributed by atoms with Crippen LogP contribution in [0, 0.1) is 5.13 Å². The first-order valence-electron chi connectivity index (χ1n) is 4.33. The van der Waals surface area contributed by atoms with Crippen LogP contribution in [0.2, 0.25) is 0 Å². The van der Waals surface area contributed by atoms with E-state index in [9.17, 15) is 4.39 Å². The summed E-state index contributed by atoms with van der Waals surface area (Å²) < 4.78 is 12.7. The lowest BCUT2D eigenvalue weighted by atomic mass is 10.0. The first kappa shape index (κ1) is 8.20. The SMILES string of the molecule is Fc1cc([C@@H]2CCCCN2)cs1. The standard InChI is InChI=1S/C9H12FNS/c10-9-5-7(6-12-9)8-3-1-2-4-11-8/h5-6,8,11H,1-4H2/t8-/m0/s1. The van der Waals surface area contributed by atoms with E-state index in [4.69, 9.17) is 0 Å². The highest BCUT2D eigenvalue weighted by atomic mass is 32.1. The van der Waals surface area contributed by atoms with Crippen LogP contribution in [0.15, 0.2) is 11.4 Å². The van der Waals surface area contributed by atoms with Gasteiger partial charge >= 0.3 is 0 Å². The van der Waals surface area contributed by atoms with E-state index in [1.807, 2.05) is 5.38 Å². The van der Waals surface area contributed by atoms with Crippen LogP contribution in [0.1, 0.15) is 30.9 Å². The van der Waals surface area contributed by atoms with Crippen molar-refractivity contribution < 1.29 is 4.39 Å². The number of hydrogen-bond donors (Lipinski definition) is 1. The van der Waals surface area contributed by atoms with Gasteiger partial charge in [0.1, 0.15) is 0 Å². The number of nitrogens with one attached hydrogen (secondary N) is 1. The number of thiophene rings is 1. The smallest absolute Gasteiger partial charge is 0.176 e. The molecular weight excluding hydrogens is 173 g/mol. The van der Waals surface area contributed by atoms with E-state index in [0.717, 1.165) is 18.5 Å². The van der Waals surface area contributed by atoms with Gasteiger partial charge in [0.15, 0.2) is 5.13 Å². The van der Waals surface area contributed by atoms with Gasteiger partial charge in [-0.25, -0.2) is 0 Å². The zero-order valence-corrected chi connectivity index (χ0v) is 7.66. The molecule has 2 heterocycles. The van der Waals surface area contributed by atoms with E-state index in [1.54, 1.807) is 6.07 Å². The van der Waals surface area contributed by atoms with Crippen LogP contribution in [-0.2, 0) is 0 Å². The van der Waals surface area contributed by atoms with Crippen molar-refractivity contribution in [3.63, 3.8) is 0 Å². The number of piperidine rings is 1. The summed E-state index contributed by atoms with van der Waals surface area (Å²) in [6.45, 7) is 1.07. The Kier molecular flexibility index (Phi) is 2.42. The maximum Gasteiger partial charge on any atom is 0.176 e. The number of rotatable bonds is 1. The van der Waals surface area contributed by atoms with Crippen LogP contribution in [0.25, 0.3) is 0 Å². The van der Waals surface area contributed by atoms with E-state index in [0.29, 0.717) is 6.04 Å². The van der Waals surface area contributed by atoms with Crippen molar-refractivity contribution >= 4 is 11.3 Å². The highest BCUT2D eigenvalue weighted by molar-refractivity contribution is 7.08. The molecule has 1 aromatic heterocycles. The molecule has 0 saturated carbocycles. The van der Waals surface area contributed by atoms with Gasteiger partial charge in [-0.05, 0) is 36.4 Å². The van der Waals surface area contributed by atoms with Crippen LogP contribution in [0.3, 0.4) is 0 Å². The summed E-state index contributed by atoms with van der Waals surface area (Å²) in [6, 6.07) is 2.05. The second-order valence-electron chi connectivity index (χ2n) is 3.19. The summed E-state index contributed by atoms with van der Waals surface area (Å²) in [4.78, 5) is 0. The minimum atomic E-state index is -0.0719. The minimum Gasteiger partial charge on any atom is -0.310 e. The second-order valence-corrected chi connectivity index (χ2v) is 4.05. The molecule has 1 aromatic rings. The predicted molar refractivity (Wildman–Crippen MR) is 48.9 cm³/mol. The molecule has 1 fully saturated rings. The minimum absolute atomic E-state index is 0.0719. The van der Waals surface area contributed by atoms with Gasteiger partial charge < -0.3 is 5.32 Å². The molecule has 0 bridgehead atoms. The zero-order chi connectivity index (χ0) is 8.39. The van der Waals surface area contributed by atoms with Gasteiger partial charge in [0.25, 0.3) is 0 Å². The summed E-state index contributed by atoms with van der Waals surface area (Å²) in [5, 5.41) is 5.23. The van der Waals surface area contributed by atoms with E-state index < -0.39 is 0 Å². The normalized spacial score (nSPS) is 24.2. The molecule has 0 aliphatic carbocycles. The molecule has 1 nitrogen and oxygen atoms in total. The van der Waals surface area contributed by atoms with Gasteiger partial charge in [-0.1, -0.05) is 6.42 Å². The molecule has 0 aromatic carbocycles. The molecule has 1 atom stereocenters. The Bertz CT molecular complexity index is 253. The largest absolute Gasteiger partial charge is 0.310 e. The van der Waals surface area contributed by atoms with Gasteiger partial charge in [0.2, 0.25) is 0 Å². The first-order chi connectivity index (χ1) is 5.86. The fourth-order valence-electron chi connectivity index (χ4n) is 1.64. The summed E-state index contributed by atoms with van der Waals surface area (Å²) in [7, 11) is 0. The average molecular weight is 185 g/mol. The topological polar surface area (TPSA) is 12.0 Å². The third-order valence-corrected chi connectivity index (χ3v) is 3.03. The van der Waals surface area contributed by atoms with Gasteiger partial charge in [-0.15, -0.1) is 11.3 Å². The van der Waals surface area contributed by atoms with Crippen LogP contribution in [-0.4, -0.2) is 6.54 Å². The van der Waals surface area contributed by atoms with Gasteiger partial charge in [-0.2, -0.15) is 4.39 Å². The summed E-state index contributed by atoms with van der Waals surface area (Å²) in [6.07, 6.45) is 3.66. The van der Waals surface area contributed by atoms with E-state index in [1.165, 1.54) is 24.2 Å². The second kappa shape index (κ2) is 3.54. The lowest BCUT2D eigenvalue weighted by Crippen LogP contribution is -2.26. The Morgan fingerprint density at radius 1 is 1.50 bits per heavy atom. The molecule has 0 radical (unpaired) electrons. The Hall–Kier alpha value is -0.410. The quantitative estimate of drug-likeness (QED) is 0.709. The Labute approximate surface area is 75.6 Å². The van der Waals surface area contributed by atoms with Crippen LogP contribution >= 0.6 is 11.3 Å². The Balaban J connectivity index is 2.08. The molecular formula is C9H12FNS. The van der Waals surface area contributed by atoms with Crippen molar-refractivity contribution in [2.45, 2.75) is 25.3 Å². The Morgan fingerprint density at radius 2 is 2.42 bits per heavy atom. The van der Waals surface area contributed by atoms with Crippen molar-refractivity contribution in [2.75, 3.05) is 6.54 Å². The van der Waals surface area contributed by atoms with Crippen molar-refractivity contribution in [3.05, 3.63) is 22.1 Å². The average Bonchev–Trinajstić information content (AvgIpc) is 2.54. The highest BCUT2D eigenvalue weighted by Crippen LogP contribution is 2.26. The lowest BCUT2D eigenvalue weighted by molar-refractivity contribution is 0.412. The third kappa shape index (κ3) is 1.67. The van der Waals surface area contributed by atoms with Crippen molar-refractivity contribution in [1.82, 2.24) is 5.32 Å². The van der Waals surface area contributed by atoms with Gasteiger partial charge in [0, 0.05) is 6.04 Å². The molecule has 1 aliphatic rings. The number of hydrogen-bond acceptors (Lipinski definition) is 2. The summed E-state index contributed by atoms with van der Waals surface area (Å²) in [5.41, 5.74) is 1.12.